The van der Waals surface area contributed by atoms with Crippen molar-refractivity contribution in [2.45, 2.75) is 6.42 Å². The quantitative estimate of drug-likeness (QED) is 0.761. The van der Waals surface area contributed by atoms with Gasteiger partial charge < -0.3 is 15.3 Å². The molecule has 1 heterocycles. The zero-order valence-electron chi connectivity index (χ0n) is 11.4. The van der Waals surface area contributed by atoms with Crippen LogP contribution in [-0.4, -0.2) is 48.1 Å². The number of halogens is 1. The Hall–Kier alpha value is -2.39. The molecule has 2 N–H and O–H groups in total. The fourth-order valence-electron chi connectivity index (χ4n) is 1.97. The van der Waals surface area contributed by atoms with Gasteiger partial charge in [0.2, 0.25) is 5.91 Å². The number of nitrogens with one attached hydrogen (secondary N) is 1. The van der Waals surface area contributed by atoms with Crippen LogP contribution in [0.2, 0.25) is 0 Å². The molecular formula is C15H15FN2O3. The van der Waals surface area contributed by atoms with Crippen molar-refractivity contribution in [3.05, 3.63) is 35.1 Å². The van der Waals surface area contributed by atoms with Crippen molar-refractivity contribution in [2.24, 2.45) is 0 Å². The van der Waals surface area contributed by atoms with E-state index in [0.717, 1.165) is 0 Å². The lowest BCUT2D eigenvalue weighted by Crippen LogP contribution is -2.50. The molecule has 0 radical (unpaired) electrons. The average molecular weight is 290 g/mol. The minimum atomic E-state index is -0.665. The number of hydrogen-bond acceptors (Lipinski definition) is 3. The first-order valence-electron chi connectivity index (χ1n) is 6.57. The summed E-state index contributed by atoms with van der Waals surface area (Å²) >= 11 is 0. The molecule has 1 aromatic carbocycles. The van der Waals surface area contributed by atoms with E-state index < -0.39 is 11.7 Å². The molecule has 2 rings (SSSR count). The van der Waals surface area contributed by atoms with E-state index in [4.69, 9.17) is 5.11 Å². The number of nitrogens with zero attached hydrogens (tertiary/aromatic N) is 1. The average Bonchev–Trinajstić information content (AvgIpc) is 2.47. The Bertz CT molecular complexity index is 619. The molecule has 0 bridgehead atoms. The van der Waals surface area contributed by atoms with Crippen LogP contribution < -0.4 is 5.32 Å². The molecule has 5 nitrogen and oxygen atoms in total. The minimum Gasteiger partial charge on any atom is -0.395 e. The summed E-state index contributed by atoms with van der Waals surface area (Å²) in [6.07, 6.45) is 0.311. The maximum atomic E-state index is 14.0. The van der Waals surface area contributed by atoms with Crippen LogP contribution >= 0.6 is 0 Å². The number of benzene rings is 1. The van der Waals surface area contributed by atoms with Gasteiger partial charge in [0.05, 0.1) is 18.7 Å². The molecule has 110 valence electrons. The Morgan fingerprint density at radius 3 is 2.95 bits per heavy atom. The van der Waals surface area contributed by atoms with E-state index in [1.54, 1.807) is 6.07 Å². The number of aliphatic hydroxyl groups excluding tert-OH is 1. The summed E-state index contributed by atoms with van der Waals surface area (Å²) in [7, 11) is 0. The van der Waals surface area contributed by atoms with E-state index in [9.17, 15) is 14.0 Å². The Morgan fingerprint density at radius 1 is 1.48 bits per heavy atom. The molecule has 6 heteroatoms. The number of carbonyl (C=O) groups is 2. The lowest BCUT2D eigenvalue weighted by atomic mass is 10.1. The van der Waals surface area contributed by atoms with Crippen LogP contribution in [-0.2, 0) is 4.79 Å². The number of piperazine rings is 1. The largest absolute Gasteiger partial charge is 0.395 e. The molecule has 0 aliphatic carbocycles. The van der Waals surface area contributed by atoms with E-state index in [2.05, 4.69) is 17.2 Å². The highest BCUT2D eigenvalue weighted by atomic mass is 19.1. The van der Waals surface area contributed by atoms with E-state index in [0.29, 0.717) is 25.1 Å². The van der Waals surface area contributed by atoms with Crippen LogP contribution in [0.4, 0.5) is 4.39 Å². The van der Waals surface area contributed by atoms with Crippen molar-refractivity contribution in [1.82, 2.24) is 10.2 Å². The van der Waals surface area contributed by atoms with E-state index >= 15 is 0 Å². The van der Waals surface area contributed by atoms with E-state index in [-0.39, 0.29) is 24.6 Å². The highest BCUT2D eigenvalue weighted by molar-refractivity contribution is 5.97. The Morgan fingerprint density at radius 2 is 2.29 bits per heavy atom. The predicted molar refractivity (Wildman–Crippen MR) is 73.9 cm³/mol. The molecule has 1 aromatic rings. The summed E-state index contributed by atoms with van der Waals surface area (Å²) < 4.78 is 14.0. The van der Waals surface area contributed by atoms with Crippen molar-refractivity contribution in [3.63, 3.8) is 0 Å². The Balaban J connectivity index is 2.15. The summed E-state index contributed by atoms with van der Waals surface area (Å²) in [5.74, 6) is 3.97. The third kappa shape index (κ3) is 3.80. The number of amides is 2. The van der Waals surface area contributed by atoms with Gasteiger partial charge in [-0.3, -0.25) is 9.59 Å². The molecule has 1 fully saturated rings. The summed E-state index contributed by atoms with van der Waals surface area (Å²) in [6, 6.07) is 4.10. The van der Waals surface area contributed by atoms with Gasteiger partial charge in [0, 0.05) is 25.1 Å². The van der Waals surface area contributed by atoms with Crippen LogP contribution in [0.5, 0.6) is 0 Å². The highest BCUT2D eigenvalue weighted by Gasteiger charge is 2.24. The first-order chi connectivity index (χ1) is 10.1. The Kier molecular flexibility index (Phi) is 4.90. The summed E-state index contributed by atoms with van der Waals surface area (Å²) in [4.78, 5) is 24.7. The lowest BCUT2D eigenvalue weighted by Gasteiger charge is -2.26. The smallest absolute Gasteiger partial charge is 0.257 e. The first kappa shape index (κ1) is 15.0. The molecule has 1 aliphatic heterocycles. The van der Waals surface area contributed by atoms with Crippen LogP contribution in [0.1, 0.15) is 22.3 Å². The predicted octanol–water partition coefficient (Wildman–Crippen LogP) is 0.132. The van der Waals surface area contributed by atoms with E-state index in [1.165, 1.54) is 17.0 Å². The van der Waals surface area contributed by atoms with Gasteiger partial charge in [0.25, 0.3) is 5.91 Å². The van der Waals surface area contributed by atoms with Gasteiger partial charge >= 0.3 is 0 Å². The highest BCUT2D eigenvalue weighted by Crippen LogP contribution is 2.13. The normalized spacial score (nSPS) is 14.2. The van der Waals surface area contributed by atoms with Crippen LogP contribution in [0.25, 0.3) is 0 Å². The molecule has 1 saturated heterocycles. The van der Waals surface area contributed by atoms with Crippen molar-refractivity contribution < 1.29 is 19.1 Å². The molecule has 0 unspecified atom stereocenters. The fourth-order valence-corrected chi connectivity index (χ4v) is 1.97. The second-order valence-corrected chi connectivity index (χ2v) is 4.55. The van der Waals surface area contributed by atoms with Gasteiger partial charge in [0.15, 0.2) is 0 Å². The van der Waals surface area contributed by atoms with Gasteiger partial charge in [0.1, 0.15) is 5.82 Å². The number of hydrogen-bond donors (Lipinski definition) is 2. The Labute approximate surface area is 121 Å². The van der Waals surface area contributed by atoms with Gasteiger partial charge in [-0.05, 0) is 18.2 Å². The van der Waals surface area contributed by atoms with Gasteiger partial charge in [-0.2, -0.15) is 0 Å². The molecule has 2 amide bonds. The maximum absolute atomic E-state index is 14.0. The zero-order valence-corrected chi connectivity index (χ0v) is 11.4. The van der Waals surface area contributed by atoms with Crippen LogP contribution in [0.15, 0.2) is 18.2 Å². The van der Waals surface area contributed by atoms with Crippen LogP contribution in [0.3, 0.4) is 0 Å². The lowest BCUT2D eigenvalue weighted by molar-refractivity contribution is -0.123. The molecule has 0 saturated carbocycles. The van der Waals surface area contributed by atoms with Crippen molar-refractivity contribution in [3.8, 4) is 11.8 Å². The molecular weight excluding hydrogens is 275 g/mol. The molecule has 0 spiro atoms. The molecule has 1 aliphatic rings. The van der Waals surface area contributed by atoms with Crippen molar-refractivity contribution >= 4 is 11.8 Å². The molecule has 0 atom stereocenters. The SMILES string of the molecule is O=C1CN(C(=O)c2ccc(C#CCCO)cc2F)CCN1. The summed E-state index contributed by atoms with van der Waals surface area (Å²) in [6.45, 7) is 0.623. The van der Waals surface area contributed by atoms with Gasteiger partial charge in [-0.1, -0.05) is 11.8 Å². The number of aliphatic hydroxyl groups is 1. The monoisotopic (exact) mass is 290 g/mol. The topological polar surface area (TPSA) is 69.6 Å². The second kappa shape index (κ2) is 6.86. The van der Waals surface area contributed by atoms with Gasteiger partial charge in [-0.25, -0.2) is 4.39 Å². The first-order valence-corrected chi connectivity index (χ1v) is 6.57. The second-order valence-electron chi connectivity index (χ2n) is 4.55. The number of rotatable bonds is 2. The standard InChI is InChI=1S/C15H15FN2O3/c16-13-9-11(3-1-2-8-19)4-5-12(13)15(21)18-7-6-17-14(20)10-18/h4-5,9,19H,2,6-8,10H2,(H,17,20). The number of carbonyl (C=O) groups excluding carboxylic acids is 2. The maximum Gasteiger partial charge on any atom is 0.257 e. The van der Waals surface area contributed by atoms with E-state index in [1.807, 2.05) is 0 Å². The zero-order chi connectivity index (χ0) is 15.2. The summed E-state index contributed by atoms with van der Waals surface area (Å²) in [5.41, 5.74) is 0.367. The van der Waals surface area contributed by atoms with Crippen LogP contribution in [0, 0.1) is 17.7 Å². The third-order valence-electron chi connectivity index (χ3n) is 2.99. The fraction of sp³-hybridized carbons (Fsp3) is 0.333. The molecule has 21 heavy (non-hydrogen) atoms. The minimum absolute atomic E-state index is 0.0525. The van der Waals surface area contributed by atoms with Gasteiger partial charge in [-0.15, -0.1) is 0 Å². The van der Waals surface area contributed by atoms with Crippen molar-refractivity contribution in [2.75, 3.05) is 26.2 Å². The molecule has 0 aromatic heterocycles. The third-order valence-corrected chi connectivity index (χ3v) is 2.99. The van der Waals surface area contributed by atoms with Crippen molar-refractivity contribution in [1.29, 1.82) is 0 Å². The summed E-state index contributed by atoms with van der Waals surface area (Å²) in [5, 5.41) is 11.2.